The molecule has 0 radical (unpaired) electrons. The molecule has 0 spiro atoms. The number of nitrogens with zero attached hydrogens (tertiary/aromatic N) is 4. The van der Waals surface area contributed by atoms with Crippen LogP contribution in [0.4, 0.5) is 11.4 Å². The van der Waals surface area contributed by atoms with Gasteiger partial charge in [0.15, 0.2) is 11.3 Å². The highest BCUT2D eigenvalue weighted by Crippen LogP contribution is 2.28. The number of carbonyl (C=O) groups excluding carboxylic acids is 2. The predicted octanol–water partition coefficient (Wildman–Crippen LogP) is 8.11. The molecule has 0 saturated heterocycles. The Bertz CT molecular complexity index is 4800. The lowest BCUT2D eigenvalue weighted by molar-refractivity contribution is -0.176. The molecular formula is C57H48N8O15S3. The van der Waals surface area contributed by atoms with Crippen LogP contribution in [-0.4, -0.2) is 95.3 Å². The number of aromatic amines is 2. The van der Waals surface area contributed by atoms with Gasteiger partial charge in [0.2, 0.25) is 11.6 Å². The number of nitrogen functional groups attached to an aromatic ring is 2. The summed E-state index contributed by atoms with van der Waals surface area (Å²) in [5.74, 6) is -0.619. The Morgan fingerprint density at radius 1 is 0.494 bits per heavy atom. The van der Waals surface area contributed by atoms with E-state index in [0.29, 0.717) is 34.5 Å². The van der Waals surface area contributed by atoms with Gasteiger partial charge >= 0.3 is 32.6 Å². The van der Waals surface area contributed by atoms with E-state index in [9.17, 15) is 27.6 Å². The smallest absolute Gasteiger partial charge is 0.397 e. The average Bonchev–Trinajstić information content (AvgIpc) is 2.22. The Morgan fingerprint density at radius 2 is 0.795 bits per heavy atom. The third kappa shape index (κ3) is 15.1. The Balaban J connectivity index is 0.000000169. The molecule has 14 rings (SSSR count). The normalized spacial score (nSPS) is 11.1. The number of hydrogen-bond donors (Lipinski definition) is 7. The van der Waals surface area contributed by atoms with Gasteiger partial charge in [-0.2, -0.15) is 8.42 Å². The summed E-state index contributed by atoms with van der Waals surface area (Å²) in [7, 11) is -9.89. The molecule has 0 unspecified atom stereocenters. The molecule has 1 aliphatic carbocycles. The van der Waals surface area contributed by atoms with Gasteiger partial charge in [-0.05, 0) is 98.5 Å². The average molecular weight is 1180 g/mol. The Kier molecular flexibility index (Phi) is 20.3. The molecule has 23 nitrogen and oxygen atoms in total. The highest BCUT2D eigenvalue weighted by Gasteiger charge is 2.27. The van der Waals surface area contributed by atoms with Crippen LogP contribution < -0.4 is 22.8 Å². The zero-order valence-corrected chi connectivity index (χ0v) is 44.9. The molecule has 4 heterocycles. The predicted molar refractivity (Wildman–Crippen MR) is 318 cm³/mol. The van der Waals surface area contributed by atoms with Gasteiger partial charge in [0.05, 0.1) is 50.7 Å². The van der Waals surface area contributed by atoms with Gasteiger partial charge in [-0.1, -0.05) is 129 Å². The van der Waals surface area contributed by atoms with Crippen LogP contribution in [0, 0.1) is 0 Å². The van der Waals surface area contributed by atoms with E-state index in [1.54, 1.807) is 20.9 Å². The first-order chi connectivity index (χ1) is 39.1. The van der Waals surface area contributed by atoms with Crippen molar-refractivity contribution in [1.29, 1.82) is 0 Å². The second kappa shape index (κ2) is 27.2. The fourth-order valence-electron chi connectivity index (χ4n) is 8.79. The van der Waals surface area contributed by atoms with E-state index >= 15 is 0 Å². The molecule has 0 atom stereocenters. The van der Waals surface area contributed by atoms with Gasteiger partial charge in [0.25, 0.3) is 10.1 Å². The molecule has 13 aromatic rings. The Morgan fingerprint density at radius 3 is 1.16 bits per heavy atom. The topological polar surface area (TPSA) is 384 Å². The van der Waals surface area contributed by atoms with Crippen molar-refractivity contribution in [2.24, 2.45) is 0 Å². The summed E-state index contributed by atoms with van der Waals surface area (Å²) in [5, 5.41) is 20.6. The molecule has 9 N–H and O–H groups in total. The van der Waals surface area contributed by atoms with Crippen molar-refractivity contribution < 1.29 is 58.3 Å². The van der Waals surface area contributed by atoms with Crippen LogP contribution in [0.1, 0.15) is 23.3 Å². The molecule has 1 aliphatic rings. The molecule has 9 aromatic carbocycles. The van der Waals surface area contributed by atoms with Crippen molar-refractivity contribution in [3.8, 4) is 0 Å². The van der Waals surface area contributed by atoms with Crippen LogP contribution in [0.15, 0.2) is 192 Å². The molecular weight excluding hydrogens is 1130 g/mol. The first-order valence-corrected chi connectivity index (χ1v) is 27.5. The Hall–Kier alpha value is -10.4. The number of para-hydroxylation sites is 2. The number of rotatable bonds is 0. The van der Waals surface area contributed by atoms with Crippen molar-refractivity contribution in [1.82, 2.24) is 28.7 Å². The first-order valence-electron chi connectivity index (χ1n) is 23.6. The van der Waals surface area contributed by atoms with Crippen LogP contribution in [0.25, 0.3) is 87.5 Å². The van der Waals surface area contributed by atoms with Crippen molar-refractivity contribution >= 4 is 142 Å². The number of benzene rings is 9. The lowest BCUT2D eigenvalue weighted by Gasteiger charge is -2.02. The zero-order valence-electron chi connectivity index (χ0n) is 42.4. The van der Waals surface area contributed by atoms with E-state index in [0.717, 1.165) is 81.8 Å². The van der Waals surface area contributed by atoms with Crippen molar-refractivity contribution in [2.75, 3.05) is 17.7 Å². The number of carbonyl (C=O) groups is 2. The van der Waals surface area contributed by atoms with E-state index in [1.807, 2.05) is 158 Å². The van der Waals surface area contributed by atoms with Gasteiger partial charge < -0.3 is 21.4 Å². The third-order valence-corrected chi connectivity index (χ3v) is 12.1. The lowest BCUT2D eigenvalue weighted by Crippen LogP contribution is -2.15. The van der Waals surface area contributed by atoms with Crippen molar-refractivity contribution in [2.45, 2.75) is 13.8 Å². The van der Waals surface area contributed by atoms with Gasteiger partial charge in [-0.25, -0.2) is 28.4 Å². The summed E-state index contributed by atoms with van der Waals surface area (Å²) in [6.45, 7) is 0. The molecule has 0 amide bonds. The molecule has 0 fully saturated rings. The maximum absolute atomic E-state index is 12.5. The van der Waals surface area contributed by atoms with Crippen LogP contribution in [-0.2, 0) is 42.6 Å². The molecule has 26 heteroatoms. The monoisotopic (exact) mass is 1180 g/mol. The van der Waals surface area contributed by atoms with Crippen molar-refractivity contribution in [3.05, 3.63) is 214 Å². The standard InChI is InChI=1S/2C18H11N3O.C10H10N2.C9H6O2.CH4O3S.CH4.2O3S.H2O2/c2*22-18-20-14-8-4-3-7-13(14)17-19-15-9-11-5-1-2-6-12(11)10-16(15)21(17)18;11-9-5-7-3-1-2-4-8(7)6-10(9)12;10-8-5-6-3-1-2-4-7(6)9(8)11;1-5(2,3)4;;2*1-4(2)3;1-2/h2*1-10H,(H,20,22);1-6H,11-12H2;1-4H,5H2;1H3,(H,2,3,4);1H4;;;1-2H. The van der Waals surface area contributed by atoms with Crippen molar-refractivity contribution in [3.63, 3.8) is 0 Å². The van der Waals surface area contributed by atoms with Crippen LogP contribution in [0.2, 0.25) is 0 Å². The quantitative estimate of drug-likeness (QED) is 0.0248. The summed E-state index contributed by atoms with van der Waals surface area (Å²) in [4.78, 5) is 62.1. The van der Waals surface area contributed by atoms with E-state index in [4.69, 9.17) is 61.8 Å². The minimum absolute atomic E-state index is 0. The SMILES string of the molecule is C.CS(=O)(=O)O.Nc1cc2ccccc2cc1N.O=C1Cc2ccccc2C1=O.O=S(=O)=O.O=S(=O)=O.O=c1[nH]c2ccccc2c2nc3cc4ccccc4cc3n12.O=c1[nH]c2ccccc2c2nc3cc4ccccc4cc3n12.OO. The molecule has 0 aliphatic heterocycles. The summed E-state index contributed by atoms with van der Waals surface area (Å²) in [6, 6.07) is 58.7. The minimum Gasteiger partial charge on any atom is -0.397 e. The maximum atomic E-state index is 12.5. The maximum Gasteiger partial charge on any atom is 0.425 e. The number of H-pyrrole nitrogens is 2. The summed E-state index contributed by atoms with van der Waals surface area (Å²) in [5.41, 5.74) is 20.1. The van der Waals surface area contributed by atoms with E-state index < -0.39 is 31.3 Å². The molecule has 0 bridgehead atoms. The van der Waals surface area contributed by atoms with Gasteiger partial charge in [-0.3, -0.25) is 24.7 Å². The minimum atomic E-state index is -3.67. The number of anilines is 2. The Labute approximate surface area is 472 Å². The fourth-order valence-corrected chi connectivity index (χ4v) is 8.79. The molecule has 83 heavy (non-hydrogen) atoms. The van der Waals surface area contributed by atoms with E-state index in [1.165, 1.54) is 0 Å². The summed E-state index contributed by atoms with van der Waals surface area (Å²) in [6.07, 6.45) is 1.00. The number of hydrogen-bond acceptors (Lipinski definition) is 18. The lowest BCUT2D eigenvalue weighted by atomic mass is 10.1. The van der Waals surface area contributed by atoms with Crippen LogP contribution >= 0.6 is 0 Å². The van der Waals surface area contributed by atoms with Gasteiger partial charge in [-0.15, -0.1) is 25.3 Å². The van der Waals surface area contributed by atoms with Crippen LogP contribution in [0.3, 0.4) is 0 Å². The number of fused-ring (bicyclic) bond motifs is 14. The second-order valence-electron chi connectivity index (χ2n) is 17.4. The zero-order chi connectivity index (χ0) is 59.4. The molecule has 4 aromatic heterocycles. The second-order valence-corrected chi connectivity index (χ2v) is 19.7. The van der Waals surface area contributed by atoms with E-state index in [-0.39, 0.29) is 36.8 Å². The largest absolute Gasteiger partial charge is 0.425 e. The van der Waals surface area contributed by atoms with Crippen LogP contribution in [0.5, 0.6) is 0 Å². The number of imidazole rings is 2. The molecule has 424 valence electrons. The number of ketones is 2. The van der Waals surface area contributed by atoms with E-state index in [2.05, 4.69) is 22.1 Å². The molecule has 0 saturated carbocycles. The highest BCUT2D eigenvalue weighted by atomic mass is 32.2. The number of aromatic nitrogens is 6. The first kappa shape index (κ1) is 61.9. The third-order valence-electron chi connectivity index (χ3n) is 12.1. The van der Waals surface area contributed by atoms with Gasteiger partial charge in [0.1, 0.15) is 0 Å². The number of nitrogens with one attached hydrogen (secondary N) is 2. The van der Waals surface area contributed by atoms with Gasteiger partial charge in [0, 0.05) is 22.8 Å². The number of Topliss-reactive ketones (excluding diaryl/α,β-unsaturated/α-hetero) is 2. The fraction of sp³-hybridized carbons (Fsp3) is 0.0526. The summed E-state index contributed by atoms with van der Waals surface area (Å²) < 4.78 is 79.8. The number of nitrogens with two attached hydrogens (primary N) is 2. The summed E-state index contributed by atoms with van der Waals surface area (Å²) >= 11 is 0. The highest BCUT2D eigenvalue weighted by molar-refractivity contribution is 7.85.